The van der Waals surface area contributed by atoms with Crippen molar-refractivity contribution >= 4 is 26.8 Å². The van der Waals surface area contributed by atoms with Crippen molar-refractivity contribution in [2.75, 3.05) is 46.6 Å². The molecule has 1 aromatic carbocycles. The Hall–Kier alpha value is -2.27. The number of hydrogen-bond donors (Lipinski definition) is 2. The average molecular weight is 426 g/mol. The van der Waals surface area contributed by atoms with Crippen molar-refractivity contribution in [1.29, 1.82) is 0 Å². The number of nitrogens with zero attached hydrogens (tertiary/aromatic N) is 1. The molecule has 1 aromatic heterocycles. The van der Waals surface area contributed by atoms with E-state index in [0.29, 0.717) is 37.2 Å². The summed E-state index contributed by atoms with van der Waals surface area (Å²) in [6.45, 7) is 5.58. The summed E-state index contributed by atoms with van der Waals surface area (Å²) in [6, 6.07) is 5.51. The predicted molar refractivity (Wildman–Crippen MR) is 110 cm³/mol. The summed E-state index contributed by atoms with van der Waals surface area (Å²) in [6.07, 6.45) is 0. The third-order valence-corrected chi connectivity index (χ3v) is 6.41. The molecule has 0 atom stereocenters. The van der Waals surface area contributed by atoms with Gasteiger partial charge in [-0.15, -0.1) is 0 Å². The fourth-order valence-electron chi connectivity index (χ4n) is 2.87. The van der Waals surface area contributed by atoms with Crippen molar-refractivity contribution in [2.24, 2.45) is 0 Å². The van der Waals surface area contributed by atoms with E-state index in [1.165, 1.54) is 22.5 Å². The largest absolute Gasteiger partial charge is 0.382 e. The van der Waals surface area contributed by atoms with E-state index in [9.17, 15) is 18.0 Å². The van der Waals surface area contributed by atoms with E-state index in [2.05, 4.69) is 10.3 Å². The Balaban J connectivity index is 2.32. The summed E-state index contributed by atoms with van der Waals surface area (Å²) in [7, 11) is -2.13. The van der Waals surface area contributed by atoms with E-state index in [4.69, 9.17) is 9.47 Å². The van der Waals surface area contributed by atoms with Crippen LogP contribution in [0.2, 0.25) is 0 Å². The lowest BCUT2D eigenvalue weighted by Gasteiger charge is -2.19. The predicted octanol–water partition coefficient (Wildman–Crippen LogP) is 0.951. The van der Waals surface area contributed by atoms with E-state index in [-0.39, 0.29) is 23.6 Å². The zero-order chi connectivity index (χ0) is 21.4. The van der Waals surface area contributed by atoms with Gasteiger partial charge in [-0.1, -0.05) is 13.8 Å². The number of methoxy groups -OCH3 is 1. The van der Waals surface area contributed by atoms with Crippen LogP contribution < -0.4 is 10.9 Å². The molecule has 0 fully saturated rings. The molecule has 1 heterocycles. The zero-order valence-electron chi connectivity index (χ0n) is 16.9. The Morgan fingerprint density at radius 3 is 2.52 bits per heavy atom. The van der Waals surface area contributed by atoms with Crippen LogP contribution in [0, 0.1) is 0 Å². The number of sulfonamides is 1. The summed E-state index contributed by atoms with van der Waals surface area (Å²) in [5.41, 5.74) is 0.0491. The van der Waals surface area contributed by atoms with Crippen molar-refractivity contribution < 1.29 is 22.7 Å². The van der Waals surface area contributed by atoms with Gasteiger partial charge in [0.2, 0.25) is 15.6 Å². The van der Waals surface area contributed by atoms with Gasteiger partial charge in [0.05, 0.1) is 30.3 Å². The lowest BCUT2D eigenvalue weighted by molar-refractivity contribution is 0.0693. The van der Waals surface area contributed by atoms with Gasteiger partial charge < -0.3 is 19.8 Å². The third-order valence-electron chi connectivity index (χ3n) is 4.37. The van der Waals surface area contributed by atoms with Crippen molar-refractivity contribution in [3.63, 3.8) is 0 Å². The molecule has 2 N–H and O–H groups in total. The standard InChI is InChI=1S/C19H27N3O6S/c1-4-22(5-2)29(25,26)14-6-7-17-15(12-14)16(13-18(23)21-17)19(24)20-8-9-28-11-10-27-3/h6-7,12-13H,4-5,8-11H2,1-3H3,(H,20,24)(H,21,23). The summed E-state index contributed by atoms with van der Waals surface area (Å²) in [4.78, 5) is 27.2. The number of hydrogen-bond acceptors (Lipinski definition) is 6. The third kappa shape index (κ3) is 5.63. The second-order valence-electron chi connectivity index (χ2n) is 6.21. The van der Waals surface area contributed by atoms with Gasteiger partial charge in [-0.25, -0.2) is 8.42 Å². The molecular formula is C19H27N3O6S. The van der Waals surface area contributed by atoms with Crippen LogP contribution in [0.1, 0.15) is 24.2 Å². The maximum absolute atomic E-state index is 12.8. The molecule has 0 saturated heterocycles. The number of pyridine rings is 1. The number of carbonyl (C=O) groups is 1. The Kier molecular flexibility index (Phi) is 8.32. The van der Waals surface area contributed by atoms with E-state index >= 15 is 0 Å². The molecule has 0 aliphatic heterocycles. The molecule has 2 rings (SSSR count). The van der Waals surface area contributed by atoms with Crippen LogP contribution >= 0.6 is 0 Å². The van der Waals surface area contributed by atoms with Crippen LogP contribution in [0.25, 0.3) is 10.9 Å². The number of rotatable bonds is 11. The number of H-pyrrole nitrogens is 1. The van der Waals surface area contributed by atoms with Gasteiger partial charge in [-0.2, -0.15) is 4.31 Å². The fourth-order valence-corrected chi connectivity index (χ4v) is 4.35. The van der Waals surface area contributed by atoms with Crippen molar-refractivity contribution in [1.82, 2.24) is 14.6 Å². The minimum absolute atomic E-state index is 0.0673. The second kappa shape index (κ2) is 10.5. The van der Waals surface area contributed by atoms with E-state index in [1.807, 2.05) is 0 Å². The molecule has 0 aliphatic rings. The molecule has 0 radical (unpaired) electrons. The van der Waals surface area contributed by atoms with Crippen molar-refractivity contribution in [2.45, 2.75) is 18.7 Å². The summed E-state index contributed by atoms with van der Waals surface area (Å²) in [5, 5.41) is 3.04. The van der Waals surface area contributed by atoms with E-state index < -0.39 is 21.5 Å². The quantitative estimate of drug-likeness (QED) is 0.518. The number of nitrogens with one attached hydrogen (secondary N) is 2. The van der Waals surface area contributed by atoms with Crippen LogP contribution in [-0.4, -0.2) is 70.2 Å². The first kappa shape index (κ1) is 23.0. The molecule has 0 spiro atoms. The molecule has 29 heavy (non-hydrogen) atoms. The van der Waals surface area contributed by atoms with E-state index in [1.54, 1.807) is 21.0 Å². The van der Waals surface area contributed by atoms with Crippen LogP contribution in [-0.2, 0) is 19.5 Å². The van der Waals surface area contributed by atoms with Crippen molar-refractivity contribution in [3.8, 4) is 0 Å². The number of aromatic amines is 1. The number of ether oxygens (including phenoxy) is 2. The Morgan fingerprint density at radius 1 is 1.14 bits per heavy atom. The highest BCUT2D eigenvalue weighted by atomic mass is 32.2. The first-order chi connectivity index (χ1) is 13.8. The maximum atomic E-state index is 12.8. The van der Waals surface area contributed by atoms with Crippen molar-refractivity contribution in [3.05, 3.63) is 40.2 Å². The normalized spacial score (nSPS) is 11.9. The SMILES string of the molecule is CCN(CC)S(=O)(=O)c1ccc2[nH]c(=O)cc(C(=O)NCCOCCOC)c2c1. The Morgan fingerprint density at radius 2 is 1.86 bits per heavy atom. The molecule has 0 aliphatic carbocycles. The molecule has 2 aromatic rings. The number of amides is 1. The van der Waals surface area contributed by atoms with Gasteiger partial charge in [0, 0.05) is 43.7 Å². The van der Waals surface area contributed by atoms with Crippen LogP contribution in [0.15, 0.2) is 34.0 Å². The first-order valence-corrected chi connectivity index (χ1v) is 10.8. The first-order valence-electron chi connectivity index (χ1n) is 9.37. The van der Waals surface area contributed by atoms with E-state index in [0.717, 1.165) is 6.07 Å². The molecule has 0 bridgehead atoms. The highest BCUT2D eigenvalue weighted by Gasteiger charge is 2.23. The fraction of sp³-hybridized carbons (Fsp3) is 0.474. The van der Waals surface area contributed by atoms with Crippen LogP contribution in [0.3, 0.4) is 0 Å². The van der Waals surface area contributed by atoms with Gasteiger partial charge >= 0.3 is 0 Å². The lowest BCUT2D eigenvalue weighted by atomic mass is 10.1. The van der Waals surface area contributed by atoms with Gasteiger partial charge in [0.25, 0.3) is 5.91 Å². The van der Waals surface area contributed by atoms with Crippen LogP contribution in [0.4, 0.5) is 0 Å². The second-order valence-corrected chi connectivity index (χ2v) is 8.14. The number of benzene rings is 1. The summed E-state index contributed by atoms with van der Waals surface area (Å²) in [5.74, 6) is -0.478. The molecule has 10 heteroatoms. The molecule has 160 valence electrons. The zero-order valence-corrected chi connectivity index (χ0v) is 17.7. The minimum Gasteiger partial charge on any atom is -0.382 e. The minimum atomic E-state index is -3.70. The molecule has 0 unspecified atom stereocenters. The topological polar surface area (TPSA) is 118 Å². The highest BCUT2D eigenvalue weighted by Crippen LogP contribution is 2.22. The smallest absolute Gasteiger partial charge is 0.252 e. The molecule has 0 saturated carbocycles. The Bertz CT molecular complexity index is 999. The average Bonchev–Trinajstić information content (AvgIpc) is 2.70. The summed E-state index contributed by atoms with van der Waals surface area (Å²) < 4.78 is 37.1. The van der Waals surface area contributed by atoms with Gasteiger partial charge in [0.15, 0.2) is 0 Å². The number of aromatic nitrogens is 1. The molecule has 9 nitrogen and oxygen atoms in total. The van der Waals surface area contributed by atoms with Crippen LogP contribution in [0.5, 0.6) is 0 Å². The summed E-state index contributed by atoms with van der Waals surface area (Å²) >= 11 is 0. The number of carbonyl (C=O) groups excluding carboxylic acids is 1. The Labute approximate surface area is 170 Å². The molecule has 1 amide bonds. The molecular weight excluding hydrogens is 398 g/mol. The highest BCUT2D eigenvalue weighted by molar-refractivity contribution is 7.89. The lowest BCUT2D eigenvalue weighted by Crippen LogP contribution is -2.31. The van der Waals surface area contributed by atoms with Gasteiger partial charge in [-0.05, 0) is 18.2 Å². The number of fused-ring (bicyclic) bond motifs is 1. The van der Waals surface area contributed by atoms with Gasteiger partial charge in [0.1, 0.15) is 0 Å². The maximum Gasteiger partial charge on any atom is 0.252 e. The monoisotopic (exact) mass is 425 g/mol. The van der Waals surface area contributed by atoms with Gasteiger partial charge in [-0.3, -0.25) is 9.59 Å².